The van der Waals surface area contributed by atoms with Gasteiger partial charge in [-0.05, 0) is 13.8 Å². The Morgan fingerprint density at radius 1 is 0.500 bits per heavy atom. The van der Waals surface area contributed by atoms with Gasteiger partial charge in [0.25, 0.3) is 0 Å². The highest BCUT2D eigenvalue weighted by molar-refractivity contribution is 5.73. The molecule has 70 heavy (non-hydrogen) atoms. The summed E-state index contributed by atoms with van der Waals surface area (Å²) in [5.41, 5.74) is 0. The minimum absolute atomic E-state index is 0.867. The van der Waals surface area contributed by atoms with Gasteiger partial charge in [0.05, 0.1) is 32.0 Å². The molecule has 0 radical (unpaired) electrons. The lowest BCUT2D eigenvalue weighted by molar-refractivity contribution is -0.551. The van der Waals surface area contributed by atoms with Crippen molar-refractivity contribution in [2.45, 2.75) is 204 Å². The van der Waals surface area contributed by atoms with Crippen LogP contribution in [0, 0.1) is 0 Å². The van der Waals surface area contributed by atoms with Crippen LogP contribution >= 0.6 is 0 Å². The lowest BCUT2D eigenvalue weighted by Gasteiger charge is -2.59. The molecular formula is C38H63NO31. The molecule has 1 amide bonds. The fourth-order valence-electron chi connectivity index (χ4n) is 9.40. The van der Waals surface area contributed by atoms with E-state index in [1.165, 1.54) is 6.92 Å². The number of hydrogen-bond acceptors (Lipinski definition) is 31. The molecule has 0 aromatic heterocycles. The average Bonchev–Trinajstić information content (AvgIpc) is 3.32. The predicted molar refractivity (Wildman–Crippen MR) is 208 cm³/mol. The summed E-state index contributed by atoms with van der Waals surface area (Å²) < 4.78 is 72.4. The maximum absolute atomic E-state index is 12.5. The minimum Gasteiger partial charge on any atom is -0.394 e. The van der Waals surface area contributed by atoms with E-state index in [1.54, 1.807) is 0 Å². The molecule has 7 saturated heterocycles. The van der Waals surface area contributed by atoms with Crippen molar-refractivity contribution in [2.75, 3.05) is 26.4 Å². The first-order valence-corrected chi connectivity index (χ1v) is 22.2. The third-order valence-corrected chi connectivity index (χ3v) is 13.2. The SMILES string of the molecule is CC(=O)N[C@H]1[C@@H](O[C@H]2[C@@H](O)[C@@H](CO)OC3(O[C@H]4[C@H](OC5(O[C@@H]6[C@@H](O)[C@@H](O)O[C@H](CO)[C@H]6O3)O[C@@H](C)[C@@H](O)[C@@H](O)[C@@H]5O)[C@@H](O)[C@H](O)O[C@@H]4CO)[C@@H]2O[C@@H]2O[C@@H](C)[C@@H](O)[C@@H](O)[C@@H]2O)O[C@H](COO)[C@H](O)[C@@H]1O. The number of hydrogen-bond donors (Lipinski definition) is 18. The van der Waals surface area contributed by atoms with Crippen molar-refractivity contribution in [1.82, 2.24) is 5.32 Å². The molecule has 7 rings (SSSR count). The fourth-order valence-corrected chi connectivity index (χ4v) is 9.40. The smallest absolute Gasteiger partial charge is 0.315 e. The number of aliphatic hydroxyl groups is 16. The zero-order valence-corrected chi connectivity index (χ0v) is 37.3. The van der Waals surface area contributed by atoms with E-state index in [0.717, 1.165) is 13.8 Å². The third kappa shape index (κ3) is 10.3. The molecule has 7 heterocycles. The molecule has 7 fully saturated rings. The van der Waals surface area contributed by atoms with Gasteiger partial charge in [0.15, 0.2) is 37.4 Å². The molecule has 0 aliphatic carbocycles. The van der Waals surface area contributed by atoms with E-state index in [-0.39, 0.29) is 0 Å². The first-order valence-electron chi connectivity index (χ1n) is 22.2. The van der Waals surface area contributed by atoms with E-state index in [9.17, 15) is 91.8 Å². The van der Waals surface area contributed by atoms with Crippen LogP contribution < -0.4 is 5.32 Å². The van der Waals surface area contributed by atoms with Crippen molar-refractivity contribution in [1.29, 1.82) is 0 Å². The number of rotatable bonds is 10. The average molecular weight is 1030 g/mol. The number of ether oxygens (including phenoxy) is 12. The van der Waals surface area contributed by atoms with Crippen LogP contribution in [0.1, 0.15) is 20.8 Å². The van der Waals surface area contributed by atoms with Gasteiger partial charge < -0.3 is 144 Å². The molecule has 32 heteroatoms. The molecule has 0 bridgehead atoms. The topological polar surface area (TPSA) is 493 Å². The Balaban J connectivity index is 1.47. The summed E-state index contributed by atoms with van der Waals surface area (Å²) in [6, 6.07) is -1.82. The van der Waals surface area contributed by atoms with Crippen LogP contribution in [-0.2, 0) is 66.5 Å². The Labute approximate surface area is 395 Å². The number of fused-ring (bicyclic) bond motifs is 2. The van der Waals surface area contributed by atoms with Crippen molar-refractivity contribution in [2.24, 2.45) is 0 Å². The Bertz CT molecular complexity index is 1680. The number of carbonyl (C=O) groups excluding carboxylic acids is 1. The Morgan fingerprint density at radius 3 is 1.54 bits per heavy atom. The van der Waals surface area contributed by atoms with Gasteiger partial charge in [0.2, 0.25) is 5.91 Å². The van der Waals surface area contributed by atoms with Crippen LogP contribution in [0.4, 0.5) is 0 Å². The molecule has 32 nitrogen and oxygen atoms in total. The third-order valence-electron chi connectivity index (χ3n) is 13.2. The van der Waals surface area contributed by atoms with Gasteiger partial charge in [-0.3, -0.25) is 10.1 Å². The van der Waals surface area contributed by atoms with Gasteiger partial charge in [-0.15, -0.1) is 0 Å². The Morgan fingerprint density at radius 2 is 1.03 bits per heavy atom. The van der Waals surface area contributed by atoms with Gasteiger partial charge >= 0.3 is 11.9 Å². The van der Waals surface area contributed by atoms with Crippen molar-refractivity contribution in [3.05, 3.63) is 0 Å². The highest BCUT2D eigenvalue weighted by Gasteiger charge is 2.69. The molecule has 2 unspecified atom stereocenters. The summed E-state index contributed by atoms with van der Waals surface area (Å²) in [6.45, 7) is -1.18. The van der Waals surface area contributed by atoms with Crippen LogP contribution in [0.15, 0.2) is 0 Å². The van der Waals surface area contributed by atoms with Gasteiger partial charge in [-0.1, -0.05) is 0 Å². The highest BCUT2D eigenvalue weighted by atomic mass is 17.1. The highest BCUT2D eigenvalue weighted by Crippen LogP contribution is 2.48. The summed E-state index contributed by atoms with van der Waals surface area (Å²) in [5, 5.41) is 190. The second-order valence-electron chi connectivity index (χ2n) is 18.0. The quantitative estimate of drug-likeness (QED) is 0.0713. The van der Waals surface area contributed by atoms with E-state index < -0.39 is 216 Å². The van der Waals surface area contributed by atoms with E-state index >= 15 is 0 Å². The lowest BCUT2D eigenvalue weighted by atomic mass is 9.92. The van der Waals surface area contributed by atoms with Crippen LogP contribution in [0.3, 0.4) is 0 Å². The first-order chi connectivity index (χ1) is 33.0. The van der Waals surface area contributed by atoms with Crippen molar-refractivity contribution in [3.8, 4) is 0 Å². The molecule has 18 N–H and O–H groups in total. The molecule has 0 aromatic rings. The molecule has 2 spiro atoms. The largest absolute Gasteiger partial charge is 0.394 e. The van der Waals surface area contributed by atoms with E-state index in [4.69, 9.17) is 56.8 Å². The summed E-state index contributed by atoms with van der Waals surface area (Å²) in [6.07, 6.45) is -58.0. The standard InChI is InChI=1S/C38H63NO31/c1-8-16(44)21(49)23(51)36(59-8)64-32-30(63-35-15(39-10(3)43)20(48)18(46)14(62-35)7-58-57)19(47)11(4-40)66-38(32)67-26-12(5-41)60-33(55)24(52)28(26)69-37(31(54)22(50)17(45)9(2)65-37)70-29-25(53)34(56)61-13(6-42)27(29)68-38/h8-9,11-36,40-42,44-57H,4-7H2,1-3H3,(H,39,43)/t8-,9-,11+,12+,13+,14+,15+,16+,17+,18-,19-,20+,21+,22+,23-,24+,25+,26+,27+,28+,29+,30-,31-,32+,33-,34+,35+,36-,37?,38?/m0/s1. The molecule has 7 aliphatic rings. The first kappa shape index (κ1) is 56.0. The second kappa shape index (κ2) is 22.2. The molecule has 0 aromatic carbocycles. The molecular weight excluding hydrogens is 966 g/mol. The molecule has 406 valence electrons. The van der Waals surface area contributed by atoms with Crippen LogP contribution in [0.25, 0.3) is 0 Å². The lowest BCUT2D eigenvalue weighted by Crippen LogP contribution is -2.78. The van der Waals surface area contributed by atoms with Crippen LogP contribution in [0.2, 0.25) is 0 Å². The summed E-state index contributed by atoms with van der Waals surface area (Å²) in [4.78, 5) is 16.7. The van der Waals surface area contributed by atoms with E-state index in [0.29, 0.717) is 0 Å². The molecule has 0 saturated carbocycles. The fraction of sp³-hybridized carbons (Fsp3) is 0.974. The van der Waals surface area contributed by atoms with Gasteiger partial charge in [0, 0.05) is 6.92 Å². The zero-order valence-electron chi connectivity index (χ0n) is 37.3. The minimum atomic E-state index is -3.48. The monoisotopic (exact) mass is 1030 g/mol. The van der Waals surface area contributed by atoms with E-state index in [2.05, 4.69) is 10.2 Å². The summed E-state index contributed by atoms with van der Waals surface area (Å²) in [7, 11) is 0. The zero-order chi connectivity index (χ0) is 51.5. The Kier molecular flexibility index (Phi) is 17.8. The second-order valence-corrected chi connectivity index (χ2v) is 18.0. The number of carbonyl (C=O) groups is 1. The number of aliphatic hydroxyl groups excluding tert-OH is 16. The molecule has 7 aliphatic heterocycles. The normalized spacial score (nSPS) is 54.6. The summed E-state index contributed by atoms with van der Waals surface area (Å²) >= 11 is 0. The van der Waals surface area contributed by atoms with Crippen LogP contribution in [0.5, 0.6) is 0 Å². The molecule has 30 atom stereocenters. The van der Waals surface area contributed by atoms with E-state index in [1.807, 2.05) is 0 Å². The van der Waals surface area contributed by atoms with Crippen molar-refractivity contribution in [3.63, 3.8) is 0 Å². The van der Waals surface area contributed by atoms with Gasteiger partial charge in [0.1, 0.15) is 129 Å². The number of nitrogens with one attached hydrogen (secondary N) is 1. The maximum atomic E-state index is 12.5. The predicted octanol–water partition coefficient (Wildman–Crippen LogP) is -11.7. The van der Waals surface area contributed by atoms with Crippen molar-refractivity contribution < 1.29 is 153 Å². The van der Waals surface area contributed by atoms with Crippen LogP contribution in [-0.4, -0.2) is 303 Å². The van der Waals surface area contributed by atoms with Crippen molar-refractivity contribution >= 4 is 5.91 Å². The van der Waals surface area contributed by atoms with Gasteiger partial charge in [-0.25, -0.2) is 4.89 Å². The van der Waals surface area contributed by atoms with Gasteiger partial charge in [-0.2, -0.15) is 0 Å². The number of amides is 1. The Hall–Kier alpha value is -1.73. The maximum Gasteiger partial charge on any atom is 0.315 e. The summed E-state index contributed by atoms with van der Waals surface area (Å²) in [5.74, 6) is -7.60.